The summed E-state index contributed by atoms with van der Waals surface area (Å²) in [6.07, 6.45) is 4.64. The topological polar surface area (TPSA) is 69.0 Å². The first-order valence-corrected chi connectivity index (χ1v) is 6.05. The molecule has 0 bridgehead atoms. The lowest BCUT2D eigenvalue weighted by Gasteiger charge is -2.03. The second kappa shape index (κ2) is 5.71. The summed E-state index contributed by atoms with van der Waals surface area (Å²) in [5.74, 6) is 0.115. The highest BCUT2D eigenvalue weighted by Crippen LogP contribution is 2.23. The summed E-state index contributed by atoms with van der Waals surface area (Å²) >= 11 is 5.95. The maximum atomic E-state index is 11.7. The zero-order chi connectivity index (χ0) is 13.8. The van der Waals surface area contributed by atoms with Crippen molar-refractivity contribution in [2.75, 3.05) is 11.9 Å². The van der Waals surface area contributed by atoms with Gasteiger partial charge in [0, 0.05) is 13.2 Å². The molecule has 0 aliphatic heterocycles. The molecule has 100 valence electrons. The van der Waals surface area contributed by atoms with Crippen molar-refractivity contribution in [2.45, 2.75) is 6.92 Å². The Morgan fingerprint density at radius 3 is 3.05 bits per heavy atom. The van der Waals surface area contributed by atoms with Crippen molar-refractivity contribution in [1.29, 1.82) is 0 Å². The molecule has 2 aromatic heterocycles. The third kappa shape index (κ3) is 3.03. The van der Waals surface area contributed by atoms with Gasteiger partial charge in [-0.15, -0.1) is 0 Å². The van der Waals surface area contributed by atoms with Gasteiger partial charge in [-0.2, -0.15) is 0 Å². The van der Waals surface area contributed by atoms with Crippen molar-refractivity contribution in [3.8, 4) is 0 Å². The Labute approximate surface area is 115 Å². The first-order chi connectivity index (χ1) is 9.11. The van der Waals surface area contributed by atoms with Crippen LogP contribution in [0.15, 0.2) is 24.8 Å². The molecule has 0 saturated carbocycles. The molecule has 1 N–H and O–H groups in total. The van der Waals surface area contributed by atoms with Crippen LogP contribution < -0.4 is 5.32 Å². The van der Waals surface area contributed by atoms with Gasteiger partial charge in [-0.25, -0.2) is 14.8 Å². The number of halogens is 1. The average molecular weight is 281 g/mol. The highest BCUT2D eigenvalue weighted by molar-refractivity contribution is 6.32. The van der Waals surface area contributed by atoms with Gasteiger partial charge in [0.1, 0.15) is 17.0 Å². The summed E-state index contributed by atoms with van der Waals surface area (Å²) in [5.41, 5.74) is 1.15. The number of aromatic nitrogens is 3. The van der Waals surface area contributed by atoms with Crippen molar-refractivity contribution < 1.29 is 9.53 Å². The lowest BCUT2D eigenvalue weighted by Crippen LogP contribution is -2.08. The standard InChI is InChI=1S/C12H13ClN4O2/c1-3-19-12(18)10-4-8(6-17(10)2)16-11-9(13)5-14-7-15-11/h4-7H,3H2,1-2H3,(H,14,15,16). The SMILES string of the molecule is CCOC(=O)c1cc(Nc2ncncc2Cl)cn1C. The lowest BCUT2D eigenvalue weighted by atomic mass is 10.4. The van der Waals surface area contributed by atoms with Crippen LogP contribution in [0.2, 0.25) is 5.02 Å². The van der Waals surface area contributed by atoms with Crippen molar-refractivity contribution in [3.05, 3.63) is 35.5 Å². The molecular weight excluding hydrogens is 268 g/mol. The van der Waals surface area contributed by atoms with Gasteiger partial charge < -0.3 is 14.6 Å². The Kier molecular flexibility index (Phi) is 4.01. The average Bonchev–Trinajstić information content (AvgIpc) is 2.74. The lowest BCUT2D eigenvalue weighted by molar-refractivity contribution is 0.0515. The monoisotopic (exact) mass is 280 g/mol. The van der Waals surface area contributed by atoms with Gasteiger partial charge >= 0.3 is 5.97 Å². The largest absolute Gasteiger partial charge is 0.461 e. The number of carbonyl (C=O) groups excluding carboxylic acids is 1. The normalized spacial score (nSPS) is 10.3. The van der Waals surface area contributed by atoms with E-state index in [1.54, 1.807) is 30.8 Å². The molecule has 0 radical (unpaired) electrons. The molecule has 0 spiro atoms. The number of carbonyl (C=O) groups is 1. The Hall–Kier alpha value is -2.08. The summed E-state index contributed by atoms with van der Waals surface area (Å²) in [4.78, 5) is 19.5. The summed E-state index contributed by atoms with van der Waals surface area (Å²) in [6, 6.07) is 1.68. The maximum absolute atomic E-state index is 11.7. The van der Waals surface area contributed by atoms with Crippen LogP contribution in [0.4, 0.5) is 11.5 Å². The van der Waals surface area contributed by atoms with E-state index >= 15 is 0 Å². The molecule has 2 aromatic rings. The summed E-state index contributed by atoms with van der Waals surface area (Å²) in [6.45, 7) is 2.10. The van der Waals surface area contributed by atoms with Crippen LogP contribution in [0.25, 0.3) is 0 Å². The predicted molar refractivity (Wildman–Crippen MR) is 71.7 cm³/mol. The summed E-state index contributed by atoms with van der Waals surface area (Å²) in [5, 5.41) is 3.43. The molecule has 2 heterocycles. The smallest absolute Gasteiger partial charge is 0.355 e. The molecule has 0 saturated heterocycles. The number of rotatable bonds is 4. The molecule has 6 nitrogen and oxygen atoms in total. The van der Waals surface area contributed by atoms with E-state index in [-0.39, 0.29) is 5.97 Å². The number of hydrogen-bond acceptors (Lipinski definition) is 5. The number of ether oxygens (including phenoxy) is 1. The number of nitrogens with one attached hydrogen (secondary N) is 1. The van der Waals surface area contributed by atoms with E-state index in [1.807, 2.05) is 0 Å². The van der Waals surface area contributed by atoms with Crippen LogP contribution in [0.5, 0.6) is 0 Å². The van der Waals surface area contributed by atoms with Crippen LogP contribution in [0.1, 0.15) is 17.4 Å². The predicted octanol–water partition coefficient (Wildman–Crippen LogP) is 2.39. The fraction of sp³-hybridized carbons (Fsp3) is 0.250. The summed E-state index contributed by atoms with van der Waals surface area (Å²) < 4.78 is 6.63. The van der Waals surface area contributed by atoms with Gasteiger partial charge in [-0.1, -0.05) is 11.6 Å². The maximum Gasteiger partial charge on any atom is 0.355 e. The molecule has 2 rings (SSSR count). The number of nitrogens with zero attached hydrogens (tertiary/aromatic N) is 3. The van der Waals surface area contributed by atoms with Crippen molar-refractivity contribution in [3.63, 3.8) is 0 Å². The van der Waals surface area contributed by atoms with Gasteiger partial charge in [-0.3, -0.25) is 0 Å². The van der Waals surface area contributed by atoms with E-state index in [2.05, 4.69) is 15.3 Å². The van der Waals surface area contributed by atoms with Crippen LogP contribution in [-0.2, 0) is 11.8 Å². The fourth-order valence-electron chi connectivity index (χ4n) is 1.58. The molecular formula is C12H13ClN4O2. The van der Waals surface area contributed by atoms with Crippen LogP contribution >= 0.6 is 11.6 Å². The van der Waals surface area contributed by atoms with Crippen LogP contribution in [-0.4, -0.2) is 27.1 Å². The minimum atomic E-state index is -0.369. The van der Waals surface area contributed by atoms with Crippen molar-refractivity contribution >= 4 is 29.1 Å². The number of esters is 1. The molecule has 0 atom stereocenters. The Balaban J connectivity index is 2.21. The molecule has 0 amide bonds. The molecule has 0 fully saturated rings. The van der Waals surface area contributed by atoms with Gasteiger partial charge in [-0.05, 0) is 13.0 Å². The molecule has 0 aliphatic carbocycles. The third-order valence-electron chi connectivity index (χ3n) is 2.42. The number of aryl methyl sites for hydroxylation is 1. The van der Waals surface area contributed by atoms with Crippen molar-refractivity contribution in [2.24, 2.45) is 7.05 Å². The first-order valence-electron chi connectivity index (χ1n) is 5.67. The second-order valence-electron chi connectivity index (χ2n) is 3.79. The third-order valence-corrected chi connectivity index (χ3v) is 2.70. The van der Waals surface area contributed by atoms with E-state index in [4.69, 9.17) is 16.3 Å². The summed E-state index contributed by atoms with van der Waals surface area (Å²) in [7, 11) is 1.76. The number of anilines is 2. The zero-order valence-electron chi connectivity index (χ0n) is 10.6. The quantitative estimate of drug-likeness (QED) is 0.871. The molecule has 0 aliphatic rings. The Morgan fingerprint density at radius 1 is 1.58 bits per heavy atom. The van der Waals surface area contributed by atoms with Gasteiger partial charge in [0.15, 0.2) is 5.82 Å². The van der Waals surface area contributed by atoms with E-state index in [9.17, 15) is 4.79 Å². The van der Waals surface area contributed by atoms with E-state index < -0.39 is 0 Å². The molecule has 19 heavy (non-hydrogen) atoms. The van der Waals surface area contributed by atoms with Gasteiger partial charge in [0.25, 0.3) is 0 Å². The fourth-order valence-corrected chi connectivity index (χ4v) is 1.73. The Morgan fingerprint density at radius 2 is 2.37 bits per heavy atom. The second-order valence-corrected chi connectivity index (χ2v) is 4.20. The first kappa shape index (κ1) is 13.4. The minimum Gasteiger partial charge on any atom is -0.461 e. The van der Waals surface area contributed by atoms with E-state index in [0.717, 1.165) is 0 Å². The molecule has 7 heteroatoms. The minimum absolute atomic E-state index is 0.338. The van der Waals surface area contributed by atoms with E-state index in [0.29, 0.717) is 28.8 Å². The Bertz CT molecular complexity index is 597. The molecule has 0 unspecified atom stereocenters. The van der Waals surface area contributed by atoms with Crippen LogP contribution in [0.3, 0.4) is 0 Å². The van der Waals surface area contributed by atoms with E-state index in [1.165, 1.54) is 12.5 Å². The highest BCUT2D eigenvalue weighted by Gasteiger charge is 2.13. The van der Waals surface area contributed by atoms with Gasteiger partial charge in [0.05, 0.1) is 18.5 Å². The number of hydrogen-bond donors (Lipinski definition) is 1. The van der Waals surface area contributed by atoms with Crippen molar-refractivity contribution in [1.82, 2.24) is 14.5 Å². The molecule has 0 aromatic carbocycles. The van der Waals surface area contributed by atoms with Gasteiger partial charge in [0.2, 0.25) is 0 Å². The highest BCUT2D eigenvalue weighted by atomic mass is 35.5. The zero-order valence-corrected chi connectivity index (χ0v) is 11.3. The van der Waals surface area contributed by atoms with Crippen LogP contribution in [0, 0.1) is 0 Å².